The van der Waals surface area contributed by atoms with E-state index in [1.54, 1.807) is 19.1 Å². The molecular formula is C31H31F6N3O5. The number of pyridine rings is 1. The first kappa shape index (κ1) is 33.7. The van der Waals surface area contributed by atoms with E-state index in [1.807, 2.05) is 26.0 Å². The molecule has 3 amide bonds. The van der Waals surface area contributed by atoms with Crippen molar-refractivity contribution >= 4 is 18.0 Å². The van der Waals surface area contributed by atoms with Crippen molar-refractivity contribution in [1.29, 1.82) is 0 Å². The number of rotatable bonds is 9. The molecule has 1 saturated heterocycles. The van der Waals surface area contributed by atoms with Crippen LogP contribution in [0.1, 0.15) is 50.8 Å². The molecule has 1 aliphatic carbocycles. The molecule has 2 aromatic rings. The maximum atomic E-state index is 13.5. The molecule has 1 unspecified atom stereocenters. The Bertz CT molecular complexity index is 1530. The lowest BCUT2D eigenvalue weighted by Crippen LogP contribution is -2.54. The van der Waals surface area contributed by atoms with Crippen LogP contribution in [0.15, 0.2) is 66.4 Å². The number of carbonyl (C=O) groups excluding carboxylic acids is 2. The van der Waals surface area contributed by atoms with Crippen molar-refractivity contribution in [1.82, 2.24) is 15.2 Å². The number of carbonyl (C=O) groups is 2. The molecule has 0 spiro atoms. The smallest absolute Gasteiger partial charge is 0.430 e. The van der Waals surface area contributed by atoms with E-state index in [4.69, 9.17) is 9.47 Å². The lowest BCUT2D eigenvalue weighted by atomic mass is 9.87. The predicted molar refractivity (Wildman–Crippen MR) is 151 cm³/mol. The molecular weight excluding hydrogens is 608 g/mol. The third-order valence-corrected chi connectivity index (χ3v) is 7.28. The Morgan fingerprint density at radius 1 is 1.16 bits per heavy atom. The van der Waals surface area contributed by atoms with Crippen molar-refractivity contribution in [2.45, 2.75) is 76.4 Å². The van der Waals surface area contributed by atoms with Gasteiger partial charge in [0.1, 0.15) is 11.3 Å². The Balaban J connectivity index is 1.55. The van der Waals surface area contributed by atoms with Gasteiger partial charge in [0.05, 0.1) is 18.8 Å². The van der Waals surface area contributed by atoms with Crippen LogP contribution >= 0.6 is 0 Å². The first-order valence-corrected chi connectivity index (χ1v) is 13.8. The van der Waals surface area contributed by atoms with E-state index in [2.05, 4.69) is 10.3 Å². The first-order valence-electron chi connectivity index (χ1n) is 13.8. The number of hydrogen-bond acceptors (Lipinski definition) is 6. The average molecular weight is 640 g/mol. The predicted octanol–water partition coefficient (Wildman–Crippen LogP) is 6.71. The van der Waals surface area contributed by atoms with Gasteiger partial charge in [-0.05, 0) is 63.5 Å². The largest absolute Gasteiger partial charge is 0.438 e. The van der Waals surface area contributed by atoms with Crippen molar-refractivity contribution in [3.05, 3.63) is 83.1 Å². The standard InChI is InChI=1S/C31H31F6N3O5/c1-5-7-20-15-22(29(43,30(32,33)34)31(35,36)37)16-38-25(20)45-24-9-6-8-19(14-24)17-40-26(41)28(4,39-27(40)42)21-10-12-23(13-11-21)44-18(2)3/h5-12,14-16,18,23,43H,13,17H2,1-4H3,(H,39,42)/b7-5+/t23?,28-/m1/s1. The number of benzene rings is 1. The molecule has 2 N–H and O–H groups in total. The van der Waals surface area contributed by atoms with E-state index < -0.39 is 41.0 Å². The van der Waals surface area contributed by atoms with E-state index in [9.17, 15) is 41.0 Å². The summed E-state index contributed by atoms with van der Waals surface area (Å²) >= 11 is 0. The van der Waals surface area contributed by atoms with Crippen molar-refractivity contribution in [3.63, 3.8) is 0 Å². The average Bonchev–Trinajstić information content (AvgIpc) is 3.16. The number of aromatic nitrogens is 1. The van der Waals surface area contributed by atoms with Gasteiger partial charge in [-0.25, -0.2) is 9.78 Å². The van der Waals surface area contributed by atoms with E-state index >= 15 is 0 Å². The number of hydrogen-bond donors (Lipinski definition) is 2. The highest BCUT2D eigenvalue weighted by molar-refractivity contribution is 6.09. The fourth-order valence-electron chi connectivity index (χ4n) is 5.00. The zero-order valence-corrected chi connectivity index (χ0v) is 24.7. The Morgan fingerprint density at radius 3 is 2.42 bits per heavy atom. The molecule has 8 nitrogen and oxygen atoms in total. The monoisotopic (exact) mass is 639 g/mol. The van der Waals surface area contributed by atoms with Gasteiger partial charge in [-0.3, -0.25) is 9.69 Å². The summed E-state index contributed by atoms with van der Waals surface area (Å²) in [6.07, 6.45) is -3.60. The molecule has 0 radical (unpaired) electrons. The molecule has 2 atom stereocenters. The second-order valence-electron chi connectivity index (χ2n) is 11.0. The zero-order valence-electron chi connectivity index (χ0n) is 24.7. The van der Waals surface area contributed by atoms with Gasteiger partial charge in [0.25, 0.3) is 11.5 Å². The molecule has 1 aliphatic heterocycles. The number of alkyl halides is 6. The second-order valence-corrected chi connectivity index (χ2v) is 11.0. The molecule has 14 heteroatoms. The molecule has 1 aromatic heterocycles. The van der Waals surface area contributed by atoms with Gasteiger partial charge in [0, 0.05) is 17.3 Å². The van der Waals surface area contributed by atoms with Crippen LogP contribution in [0, 0.1) is 0 Å². The van der Waals surface area contributed by atoms with Gasteiger partial charge < -0.3 is 19.9 Å². The van der Waals surface area contributed by atoms with Crippen molar-refractivity contribution < 1.29 is 50.5 Å². The third-order valence-electron chi connectivity index (χ3n) is 7.28. The van der Waals surface area contributed by atoms with Crippen LogP contribution in [0.25, 0.3) is 6.08 Å². The normalized spacial score (nSPS) is 21.1. The fourth-order valence-corrected chi connectivity index (χ4v) is 5.00. The Labute approximate surface area is 255 Å². The maximum Gasteiger partial charge on any atom is 0.430 e. The molecule has 1 aromatic carbocycles. The van der Waals surface area contributed by atoms with Gasteiger partial charge in [-0.2, -0.15) is 26.3 Å². The van der Waals surface area contributed by atoms with Gasteiger partial charge in [0.15, 0.2) is 0 Å². The number of halogens is 6. The van der Waals surface area contributed by atoms with E-state index in [1.165, 1.54) is 37.3 Å². The second kappa shape index (κ2) is 12.3. The number of imide groups is 1. The molecule has 0 bridgehead atoms. The maximum absolute atomic E-state index is 13.5. The number of ether oxygens (including phenoxy) is 2. The number of nitrogens with zero attached hydrogens (tertiary/aromatic N) is 2. The molecule has 4 rings (SSSR count). The Morgan fingerprint density at radius 2 is 1.84 bits per heavy atom. The molecule has 1 fully saturated rings. The lowest BCUT2D eigenvalue weighted by Gasteiger charge is -2.32. The SMILES string of the molecule is C/C=C/c1cc(C(O)(C(F)(F)F)C(F)(F)F)cnc1Oc1cccc(CN2C(=O)N[C@](C)(C3=CCC(OC(C)C)C=C3)C2=O)c1. The summed E-state index contributed by atoms with van der Waals surface area (Å²) < 4.78 is 91.9. The first-order chi connectivity index (χ1) is 20.9. The summed E-state index contributed by atoms with van der Waals surface area (Å²) in [7, 11) is 0. The van der Waals surface area contributed by atoms with Crippen LogP contribution in [0.3, 0.4) is 0 Å². The number of allylic oxidation sites excluding steroid dienone is 1. The third kappa shape index (κ3) is 6.61. The summed E-state index contributed by atoms with van der Waals surface area (Å²) in [4.78, 5) is 31.0. The van der Waals surface area contributed by atoms with E-state index in [0.29, 0.717) is 23.6 Å². The molecule has 242 valence electrons. The van der Waals surface area contributed by atoms with Crippen LogP contribution in [0.5, 0.6) is 11.6 Å². The minimum Gasteiger partial charge on any atom is -0.438 e. The molecule has 2 aliphatic rings. The summed E-state index contributed by atoms with van der Waals surface area (Å²) in [5.41, 5.74) is -7.24. The molecule has 45 heavy (non-hydrogen) atoms. The topological polar surface area (TPSA) is 101 Å². The quantitative estimate of drug-likeness (QED) is 0.234. The van der Waals surface area contributed by atoms with Crippen LogP contribution in [0.2, 0.25) is 0 Å². The van der Waals surface area contributed by atoms with Crippen molar-refractivity contribution in [2.24, 2.45) is 0 Å². The highest BCUT2D eigenvalue weighted by atomic mass is 19.4. The van der Waals surface area contributed by atoms with Crippen LogP contribution < -0.4 is 10.1 Å². The highest BCUT2D eigenvalue weighted by Crippen LogP contribution is 2.50. The highest BCUT2D eigenvalue weighted by Gasteiger charge is 2.71. The fraction of sp³-hybridized carbons (Fsp3) is 0.387. The summed E-state index contributed by atoms with van der Waals surface area (Å²) in [5, 5.41) is 12.5. The Hall–Kier alpha value is -4.17. The van der Waals surface area contributed by atoms with Crippen LogP contribution in [-0.4, -0.2) is 57.0 Å². The van der Waals surface area contributed by atoms with Crippen LogP contribution in [0.4, 0.5) is 31.1 Å². The summed E-state index contributed by atoms with van der Waals surface area (Å²) in [6.45, 7) is 6.74. The van der Waals surface area contributed by atoms with Gasteiger partial charge in [-0.1, -0.05) is 42.5 Å². The van der Waals surface area contributed by atoms with Crippen LogP contribution in [-0.2, 0) is 21.7 Å². The van der Waals surface area contributed by atoms with Gasteiger partial charge >= 0.3 is 18.4 Å². The Kier molecular flexibility index (Phi) is 9.23. The summed E-state index contributed by atoms with van der Waals surface area (Å²) in [6, 6.07) is 5.89. The minimum absolute atomic E-state index is 0.0156. The zero-order chi connectivity index (χ0) is 33.4. The van der Waals surface area contributed by atoms with Crippen molar-refractivity contribution in [3.8, 4) is 11.6 Å². The van der Waals surface area contributed by atoms with Gasteiger partial charge in [0.2, 0.25) is 5.88 Å². The van der Waals surface area contributed by atoms with E-state index in [0.717, 1.165) is 4.90 Å². The number of urea groups is 1. The van der Waals surface area contributed by atoms with Crippen molar-refractivity contribution in [2.75, 3.05) is 0 Å². The minimum atomic E-state index is -6.08. The molecule has 0 saturated carbocycles. The number of nitrogens with one attached hydrogen (secondary N) is 1. The lowest BCUT2D eigenvalue weighted by molar-refractivity contribution is -0.376. The number of amides is 3. The van der Waals surface area contributed by atoms with E-state index in [-0.39, 0.29) is 42.1 Å². The summed E-state index contributed by atoms with van der Waals surface area (Å²) in [5.74, 6) is -0.768. The molecule has 2 heterocycles. The number of aliphatic hydroxyl groups is 1. The van der Waals surface area contributed by atoms with Gasteiger partial charge in [-0.15, -0.1) is 0 Å².